The van der Waals surface area contributed by atoms with Gasteiger partial charge in [0.2, 0.25) is 11.8 Å². The molecule has 2 amide bonds. The minimum atomic E-state index is -0.235. The van der Waals surface area contributed by atoms with Crippen LogP contribution in [0, 0.1) is 11.8 Å². The largest absolute Gasteiger partial charge is 0.342 e. The summed E-state index contributed by atoms with van der Waals surface area (Å²) in [6.45, 7) is 4.15. The molecule has 3 fully saturated rings. The van der Waals surface area contributed by atoms with Gasteiger partial charge in [0.15, 0.2) is 0 Å². The summed E-state index contributed by atoms with van der Waals surface area (Å²) >= 11 is 0. The van der Waals surface area contributed by atoms with Crippen LogP contribution in [0.5, 0.6) is 0 Å². The maximum Gasteiger partial charge on any atom is 0.246 e. The molecule has 4 nitrogen and oxygen atoms in total. The fourth-order valence-electron chi connectivity index (χ4n) is 3.01. The van der Waals surface area contributed by atoms with Crippen molar-refractivity contribution >= 4 is 11.8 Å². The number of carbonyl (C=O) groups is 2. The molecular weight excluding hydrogens is 228 g/mol. The van der Waals surface area contributed by atoms with E-state index in [1.54, 1.807) is 0 Å². The van der Waals surface area contributed by atoms with E-state index in [2.05, 4.69) is 19.2 Å². The SMILES string of the molecule is CCC(C)N1C(=O)C(C2CC2)NC(=O)C1C1CC1. The average Bonchev–Trinajstić information content (AvgIpc) is 3.21. The number of amides is 2. The van der Waals surface area contributed by atoms with Gasteiger partial charge in [-0.1, -0.05) is 6.92 Å². The second kappa shape index (κ2) is 4.25. The number of nitrogens with zero attached hydrogens (tertiary/aromatic N) is 1. The standard InChI is InChI=1S/C14H22N2O2/c1-3-8(2)16-12(10-6-7-10)13(17)15-11(14(16)18)9-4-5-9/h8-12H,3-7H2,1-2H3,(H,15,17). The highest BCUT2D eigenvalue weighted by Gasteiger charge is 2.52. The predicted molar refractivity (Wildman–Crippen MR) is 67.8 cm³/mol. The predicted octanol–water partition coefficient (Wildman–Crippen LogP) is 1.30. The summed E-state index contributed by atoms with van der Waals surface area (Å²) in [5.74, 6) is 1.06. The van der Waals surface area contributed by atoms with Crippen LogP contribution in [0.2, 0.25) is 0 Å². The Kier molecular flexibility index (Phi) is 2.83. The molecule has 4 heteroatoms. The van der Waals surface area contributed by atoms with Crippen LogP contribution in [0.15, 0.2) is 0 Å². The van der Waals surface area contributed by atoms with Crippen molar-refractivity contribution in [1.82, 2.24) is 10.2 Å². The molecule has 2 aliphatic carbocycles. The van der Waals surface area contributed by atoms with E-state index in [4.69, 9.17) is 0 Å². The van der Waals surface area contributed by atoms with Crippen molar-refractivity contribution in [3.8, 4) is 0 Å². The van der Waals surface area contributed by atoms with Gasteiger partial charge in [-0.3, -0.25) is 9.59 Å². The van der Waals surface area contributed by atoms with E-state index < -0.39 is 0 Å². The van der Waals surface area contributed by atoms with Gasteiger partial charge in [-0.05, 0) is 50.9 Å². The van der Waals surface area contributed by atoms with Gasteiger partial charge < -0.3 is 10.2 Å². The summed E-state index contributed by atoms with van der Waals surface area (Å²) < 4.78 is 0. The number of piperazine rings is 1. The van der Waals surface area contributed by atoms with E-state index in [1.165, 1.54) is 0 Å². The van der Waals surface area contributed by atoms with Gasteiger partial charge in [0.25, 0.3) is 0 Å². The molecule has 1 heterocycles. The molecule has 1 saturated heterocycles. The molecule has 3 aliphatic rings. The van der Waals surface area contributed by atoms with Gasteiger partial charge in [-0.25, -0.2) is 0 Å². The van der Waals surface area contributed by atoms with Crippen molar-refractivity contribution in [2.24, 2.45) is 11.8 Å². The highest BCUT2D eigenvalue weighted by atomic mass is 16.2. The summed E-state index contributed by atoms with van der Waals surface area (Å²) in [5, 5.41) is 2.98. The van der Waals surface area contributed by atoms with Gasteiger partial charge in [-0.2, -0.15) is 0 Å². The zero-order chi connectivity index (χ0) is 12.9. The Morgan fingerprint density at radius 3 is 2.33 bits per heavy atom. The monoisotopic (exact) mass is 250 g/mol. The van der Waals surface area contributed by atoms with Crippen LogP contribution < -0.4 is 5.32 Å². The van der Waals surface area contributed by atoms with Crippen LogP contribution in [0.3, 0.4) is 0 Å². The molecule has 18 heavy (non-hydrogen) atoms. The van der Waals surface area contributed by atoms with Crippen molar-refractivity contribution in [1.29, 1.82) is 0 Å². The number of carbonyl (C=O) groups excluding carboxylic acids is 2. The molecule has 3 unspecified atom stereocenters. The van der Waals surface area contributed by atoms with Gasteiger partial charge in [0, 0.05) is 6.04 Å². The lowest BCUT2D eigenvalue weighted by Gasteiger charge is -2.42. The zero-order valence-electron chi connectivity index (χ0n) is 11.2. The van der Waals surface area contributed by atoms with Crippen molar-refractivity contribution in [3.05, 3.63) is 0 Å². The first-order chi connectivity index (χ1) is 8.63. The third-order valence-corrected chi connectivity index (χ3v) is 4.61. The summed E-state index contributed by atoms with van der Waals surface area (Å²) in [7, 11) is 0. The molecule has 1 N–H and O–H groups in total. The normalized spacial score (nSPS) is 34.4. The first-order valence-electron chi connectivity index (χ1n) is 7.26. The highest BCUT2D eigenvalue weighted by molar-refractivity contribution is 5.98. The minimum Gasteiger partial charge on any atom is -0.342 e. The van der Waals surface area contributed by atoms with Crippen LogP contribution in [-0.4, -0.2) is 34.8 Å². The topological polar surface area (TPSA) is 49.4 Å². The summed E-state index contributed by atoms with van der Waals surface area (Å²) in [4.78, 5) is 26.8. The number of hydrogen-bond acceptors (Lipinski definition) is 2. The van der Waals surface area contributed by atoms with Crippen LogP contribution in [0.25, 0.3) is 0 Å². The molecule has 0 spiro atoms. The molecule has 0 aromatic rings. The third kappa shape index (κ3) is 1.91. The summed E-state index contributed by atoms with van der Waals surface area (Å²) in [5.41, 5.74) is 0. The quantitative estimate of drug-likeness (QED) is 0.817. The van der Waals surface area contributed by atoms with Gasteiger partial charge >= 0.3 is 0 Å². The molecular formula is C14H22N2O2. The third-order valence-electron chi connectivity index (χ3n) is 4.61. The Hall–Kier alpha value is -1.06. The van der Waals surface area contributed by atoms with E-state index in [0.717, 1.165) is 32.1 Å². The van der Waals surface area contributed by atoms with E-state index in [-0.39, 0.29) is 29.9 Å². The second-order valence-electron chi connectivity index (χ2n) is 6.11. The fraction of sp³-hybridized carbons (Fsp3) is 0.857. The first-order valence-corrected chi connectivity index (χ1v) is 7.26. The lowest BCUT2D eigenvalue weighted by molar-refractivity contribution is -0.153. The summed E-state index contributed by atoms with van der Waals surface area (Å²) in [6, 6.07) is -0.251. The lowest BCUT2D eigenvalue weighted by Crippen LogP contribution is -2.66. The molecule has 0 aromatic carbocycles. The number of rotatable bonds is 4. The highest BCUT2D eigenvalue weighted by Crippen LogP contribution is 2.41. The molecule has 0 aromatic heterocycles. The Morgan fingerprint density at radius 1 is 1.22 bits per heavy atom. The molecule has 0 bridgehead atoms. The fourth-order valence-corrected chi connectivity index (χ4v) is 3.01. The maximum absolute atomic E-state index is 12.6. The van der Waals surface area contributed by atoms with Gasteiger partial charge in [0.05, 0.1) is 0 Å². The van der Waals surface area contributed by atoms with Crippen molar-refractivity contribution in [3.63, 3.8) is 0 Å². The lowest BCUT2D eigenvalue weighted by atomic mass is 9.97. The Morgan fingerprint density at radius 2 is 1.83 bits per heavy atom. The van der Waals surface area contributed by atoms with Crippen LogP contribution >= 0.6 is 0 Å². The maximum atomic E-state index is 12.6. The number of nitrogens with one attached hydrogen (secondary N) is 1. The molecule has 3 rings (SSSR count). The average molecular weight is 250 g/mol. The van der Waals surface area contributed by atoms with Crippen LogP contribution in [0.4, 0.5) is 0 Å². The van der Waals surface area contributed by atoms with E-state index in [0.29, 0.717) is 11.8 Å². The molecule has 0 radical (unpaired) electrons. The van der Waals surface area contributed by atoms with Crippen LogP contribution in [0.1, 0.15) is 46.0 Å². The Labute approximate surface area is 108 Å². The second-order valence-corrected chi connectivity index (χ2v) is 6.11. The molecule has 100 valence electrons. The van der Waals surface area contributed by atoms with E-state index >= 15 is 0 Å². The zero-order valence-corrected chi connectivity index (χ0v) is 11.2. The first kappa shape index (κ1) is 12.0. The Balaban J connectivity index is 1.85. The van der Waals surface area contributed by atoms with E-state index in [9.17, 15) is 9.59 Å². The van der Waals surface area contributed by atoms with Gasteiger partial charge in [0.1, 0.15) is 12.1 Å². The smallest absolute Gasteiger partial charge is 0.246 e. The summed E-state index contributed by atoms with van der Waals surface area (Å²) in [6.07, 6.45) is 5.26. The van der Waals surface area contributed by atoms with Crippen molar-refractivity contribution in [2.45, 2.75) is 64.1 Å². The Bertz CT molecular complexity index is 374. The van der Waals surface area contributed by atoms with Crippen molar-refractivity contribution in [2.75, 3.05) is 0 Å². The molecule has 2 saturated carbocycles. The molecule has 3 atom stereocenters. The van der Waals surface area contributed by atoms with Crippen LogP contribution in [-0.2, 0) is 9.59 Å². The van der Waals surface area contributed by atoms with Gasteiger partial charge in [-0.15, -0.1) is 0 Å². The van der Waals surface area contributed by atoms with Crippen molar-refractivity contribution < 1.29 is 9.59 Å². The molecule has 1 aliphatic heterocycles. The van der Waals surface area contributed by atoms with E-state index in [1.807, 2.05) is 4.90 Å². The number of hydrogen-bond donors (Lipinski definition) is 1. The minimum absolute atomic E-state index is 0.0919.